The Labute approximate surface area is 118 Å². The fourth-order valence-corrected chi connectivity index (χ4v) is 2.67. The summed E-state index contributed by atoms with van der Waals surface area (Å²) in [6.07, 6.45) is 0. The highest BCUT2D eigenvalue weighted by molar-refractivity contribution is 5.87. The minimum Gasteiger partial charge on any atom is -0.478 e. The maximum atomic E-state index is 12.0. The van der Waals surface area contributed by atoms with Crippen LogP contribution in [0.5, 0.6) is 0 Å². The second-order valence-electron chi connectivity index (χ2n) is 5.46. The standard InChI is InChI=1S/C15H20N2O3/c1-10(2)13-14(18)16-6-7-17(13)9-11-4-3-5-12(8-11)15(19)20/h3-5,8,10,13H,6-7,9H2,1-2H3,(H,16,18)(H,19,20). The molecule has 2 N–H and O–H groups in total. The van der Waals surface area contributed by atoms with Crippen molar-refractivity contribution in [3.8, 4) is 0 Å². The Bertz CT molecular complexity index is 514. The molecular weight excluding hydrogens is 256 g/mol. The Kier molecular flexibility index (Phi) is 4.39. The van der Waals surface area contributed by atoms with E-state index in [0.717, 1.165) is 12.1 Å². The molecule has 0 bridgehead atoms. The van der Waals surface area contributed by atoms with E-state index < -0.39 is 5.97 Å². The number of nitrogens with zero attached hydrogens (tertiary/aromatic N) is 1. The lowest BCUT2D eigenvalue weighted by molar-refractivity contribution is -0.131. The van der Waals surface area contributed by atoms with Crippen molar-refractivity contribution >= 4 is 11.9 Å². The first-order valence-electron chi connectivity index (χ1n) is 6.83. The number of carbonyl (C=O) groups is 2. The molecule has 1 aliphatic heterocycles. The molecule has 1 aromatic carbocycles. The molecule has 0 saturated carbocycles. The van der Waals surface area contributed by atoms with Gasteiger partial charge in [-0.3, -0.25) is 9.69 Å². The number of rotatable bonds is 4. The summed E-state index contributed by atoms with van der Waals surface area (Å²) >= 11 is 0. The molecule has 5 heteroatoms. The van der Waals surface area contributed by atoms with Crippen molar-refractivity contribution in [2.75, 3.05) is 13.1 Å². The number of carboxylic acid groups (broad SMARTS) is 1. The average Bonchev–Trinajstić information content (AvgIpc) is 2.38. The molecular formula is C15H20N2O3. The van der Waals surface area contributed by atoms with Crippen LogP contribution in [0.1, 0.15) is 29.8 Å². The van der Waals surface area contributed by atoms with E-state index in [1.807, 2.05) is 19.9 Å². The third-order valence-corrected chi connectivity index (χ3v) is 3.55. The van der Waals surface area contributed by atoms with Crippen molar-refractivity contribution in [1.29, 1.82) is 0 Å². The molecule has 1 heterocycles. The van der Waals surface area contributed by atoms with Gasteiger partial charge in [-0.2, -0.15) is 0 Å². The molecule has 108 valence electrons. The van der Waals surface area contributed by atoms with E-state index in [4.69, 9.17) is 5.11 Å². The fourth-order valence-electron chi connectivity index (χ4n) is 2.67. The predicted octanol–water partition coefficient (Wildman–Crippen LogP) is 1.34. The second kappa shape index (κ2) is 6.05. The van der Waals surface area contributed by atoms with Gasteiger partial charge in [0.05, 0.1) is 11.6 Å². The normalized spacial score (nSPS) is 19.9. The monoisotopic (exact) mass is 276 g/mol. The summed E-state index contributed by atoms with van der Waals surface area (Å²) in [6, 6.07) is 6.74. The minimum absolute atomic E-state index is 0.0561. The molecule has 1 unspecified atom stereocenters. The Morgan fingerprint density at radius 3 is 2.90 bits per heavy atom. The van der Waals surface area contributed by atoms with E-state index in [-0.39, 0.29) is 23.4 Å². The Balaban J connectivity index is 2.17. The first-order chi connectivity index (χ1) is 9.49. The van der Waals surface area contributed by atoms with Crippen molar-refractivity contribution in [3.63, 3.8) is 0 Å². The van der Waals surface area contributed by atoms with E-state index in [0.29, 0.717) is 13.1 Å². The molecule has 0 aromatic heterocycles. The van der Waals surface area contributed by atoms with Gasteiger partial charge < -0.3 is 10.4 Å². The smallest absolute Gasteiger partial charge is 0.335 e. The number of hydrogen-bond acceptors (Lipinski definition) is 3. The highest BCUT2D eigenvalue weighted by Gasteiger charge is 2.31. The van der Waals surface area contributed by atoms with Gasteiger partial charge in [-0.15, -0.1) is 0 Å². The van der Waals surface area contributed by atoms with Crippen molar-refractivity contribution in [1.82, 2.24) is 10.2 Å². The Morgan fingerprint density at radius 2 is 2.25 bits per heavy atom. The largest absolute Gasteiger partial charge is 0.478 e. The summed E-state index contributed by atoms with van der Waals surface area (Å²) in [6.45, 7) is 6.07. The lowest BCUT2D eigenvalue weighted by Crippen LogP contribution is -2.56. The molecule has 0 spiro atoms. The molecule has 5 nitrogen and oxygen atoms in total. The minimum atomic E-state index is -0.927. The summed E-state index contributed by atoms with van der Waals surface area (Å²) in [5, 5.41) is 11.9. The van der Waals surface area contributed by atoms with Gasteiger partial charge in [0.25, 0.3) is 0 Å². The van der Waals surface area contributed by atoms with Crippen LogP contribution in [-0.2, 0) is 11.3 Å². The Hall–Kier alpha value is -1.88. The molecule has 20 heavy (non-hydrogen) atoms. The lowest BCUT2D eigenvalue weighted by atomic mass is 9.98. The molecule has 1 aliphatic rings. The van der Waals surface area contributed by atoms with E-state index >= 15 is 0 Å². The summed E-state index contributed by atoms with van der Waals surface area (Å²) in [7, 11) is 0. The van der Waals surface area contributed by atoms with Crippen molar-refractivity contribution in [3.05, 3.63) is 35.4 Å². The summed E-state index contributed by atoms with van der Waals surface area (Å²) < 4.78 is 0. The van der Waals surface area contributed by atoms with Crippen LogP contribution >= 0.6 is 0 Å². The van der Waals surface area contributed by atoms with Crippen LogP contribution in [-0.4, -0.2) is 41.0 Å². The maximum absolute atomic E-state index is 12.0. The van der Waals surface area contributed by atoms with Crippen LogP contribution in [0, 0.1) is 5.92 Å². The van der Waals surface area contributed by atoms with Gasteiger partial charge in [-0.25, -0.2) is 4.79 Å². The maximum Gasteiger partial charge on any atom is 0.335 e. The first kappa shape index (κ1) is 14.5. The zero-order valence-corrected chi connectivity index (χ0v) is 11.8. The third kappa shape index (κ3) is 3.17. The topological polar surface area (TPSA) is 69.6 Å². The number of nitrogens with one attached hydrogen (secondary N) is 1. The van der Waals surface area contributed by atoms with E-state index in [1.165, 1.54) is 0 Å². The van der Waals surface area contributed by atoms with E-state index in [2.05, 4.69) is 10.2 Å². The van der Waals surface area contributed by atoms with Gasteiger partial charge >= 0.3 is 5.97 Å². The van der Waals surface area contributed by atoms with Gasteiger partial charge in [0.15, 0.2) is 0 Å². The summed E-state index contributed by atoms with van der Waals surface area (Å²) in [4.78, 5) is 25.1. The number of amides is 1. The number of aromatic carboxylic acids is 1. The number of hydrogen-bond donors (Lipinski definition) is 2. The van der Waals surface area contributed by atoms with Crippen LogP contribution in [0.4, 0.5) is 0 Å². The predicted molar refractivity (Wildman–Crippen MR) is 75.4 cm³/mol. The van der Waals surface area contributed by atoms with Gasteiger partial charge in [0, 0.05) is 19.6 Å². The SMILES string of the molecule is CC(C)C1C(=O)NCCN1Cc1cccc(C(=O)O)c1. The van der Waals surface area contributed by atoms with Gasteiger partial charge in [0.2, 0.25) is 5.91 Å². The summed E-state index contributed by atoms with van der Waals surface area (Å²) in [5.74, 6) is -0.651. The van der Waals surface area contributed by atoms with Gasteiger partial charge in [0.1, 0.15) is 0 Å². The molecule has 1 fully saturated rings. The number of piperazine rings is 1. The Morgan fingerprint density at radius 1 is 1.50 bits per heavy atom. The summed E-state index contributed by atoms with van der Waals surface area (Å²) in [5.41, 5.74) is 1.20. The van der Waals surface area contributed by atoms with Crippen molar-refractivity contribution in [2.24, 2.45) is 5.92 Å². The molecule has 0 aliphatic carbocycles. The third-order valence-electron chi connectivity index (χ3n) is 3.55. The van der Waals surface area contributed by atoms with Crippen molar-refractivity contribution < 1.29 is 14.7 Å². The van der Waals surface area contributed by atoms with Gasteiger partial charge in [-0.1, -0.05) is 26.0 Å². The van der Waals surface area contributed by atoms with Crippen molar-refractivity contribution in [2.45, 2.75) is 26.4 Å². The molecule has 2 rings (SSSR count). The molecule has 0 radical (unpaired) electrons. The van der Waals surface area contributed by atoms with Crippen LogP contribution in [0.15, 0.2) is 24.3 Å². The van der Waals surface area contributed by atoms with Crippen LogP contribution in [0.2, 0.25) is 0 Å². The second-order valence-corrected chi connectivity index (χ2v) is 5.46. The lowest BCUT2D eigenvalue weighted by Gasteiger charge is -2.37. The zero-order chi connectivity index (χ0) is 14.7. The fraction of sp³-hybridized carbons (Fsp3) is 0.467. The van der Waals surface area contributed by atoms with Crippen LogP contribution < -0.4 is 5.32 Å². The van der Waals surface area contributed by atoms with Gasteiger partial charge in [-0.05, 0) is 23.6 Å². The zero-order valence-electron chi connectivity index (χ0n) is 11.8. The number of carbonyl (C=O) groups excluding carboxylic acids is 1. The number of carboxylic acids is 1. The highest BCUT2D eigenvalue weighted by atomic mass is 16.4. The first-order valence-corrected chi connectivity index (χ1v) is 6.83. The van der Waals surface area contributed by atoms with E-state index in [1.54, 1.807) is 18.2 Å². The molecule has 1 atom stereocenters. The molecule has 1 saturated heterocycles. The van der Waals surface area contributed by atoms with Crippen LogP contribution in [0.3, 0.4) is 0 Å². The number of benzene rings is 1. The highest BCUT2D eigenvalue weighted by Crippen LogP contribution is 2.18. The average molecular weight is 276 g/mol. The molecule has 1 amide bonds. The quantitative estimate of drug-likeness (QED) is 0.870. The van der Waals surface area contributed by atoms with E-state index in [9.17, 15) is 9.59 Å². The molecule has 1 aromatic rings. The van der Waals surface area contributed by atoms with Crippen LogP contribution in [0.25, 0.3) is 0 Å².